The molecule has 0 aliphatic carbocycles. The average Bonchev–Trinajstić information content (AvgIpc) is 2.27. The van der Waals surface area contributed by atoms with Crippen molar-refractivity contribution in [3.63, 3.8) is 0 Å². The number of nitrogens with two attached hydrogens (primary N) is 1. The Kier molecular flexibility index (Phi) is 2.97. The van der Waals surface area contributed by atoms with E-state index in [1.165, 1.54) is 6.07 Å². The van der Waals surface area contributed by atoms with E-state index >= 15 is 0 Å². The maximum Gasteiger partial charge on any atom is 0.336 e. The summed E-state index contributed by atoms with van der Waals surface area (Å²) in [6, 6.07) is 6.38. The van der Waals surface area contributed by atoms with Crippen LogP contribution in [-0.2, 0) is 0 Å². The molecule has 1 aromatic carbocycles. The van der Waals surface area contributed by atoms with Gasteiger partial charge in [-0.3, -0.25) is 4.79 Å². The lowest BCUT2D eigenvalue weighted by molar-refractivity contribution is 0.0699. The molecule has 1 aromatic heterocycles. The maximum atomic E-state index is 11.2. The number of aromatic carboxylic acids is 1. The Morgan fingerprint density at radius 1 is 1.35 bits per heavy atom. The van der Waals surface area contributed by atoms with Gasteiger partial charge in [0, 0.05) is 8.96 Å². The smallest absolute Gasteiger partial charge is 0.336 e. The summed E-state index contributed by atoms with van der Waals surface area (Å²) in [7, 11) is 0. The van der Waals surface area contributed by atoms with Crippen molar-refractivity contribution in [2.45, 2.75) is 0 Å². The summed E-state index contributed by atoms with van der Waals surface area (Å²) in [5.74, 6) is -1.85. The Morgan fingerprint density at radius 3 is 2.65 bits per heavy atom. The normalized spacial score (nSPS) is 10.4. The highest BCUT2D eigenvalue weighted by atomic mass is 127. The Balaban J connectivity index is 2.91. The molecule has 17 heavy (non-hydrogen) atoms. The molecule has 1 amide bonds. The second kappa shape index (κ2) is 4.28. The Hall–Kier alpha value is -1.70. The van der Waals surface area contributed by atoms with Crippen molar-refractivity contribution < 1.29 is 14.7 Å². The minimum atomic E-state index is -1.11. The van der Waals surface area contributed by atoms with Crippen LogP contribution in [0, 0.1) is 3.57 Å². The molecule has 0 spiro atoms. The summed E-state index contributed by atoms with van der Waals surface area (Å²) in [5, 5.41) is 9.65. The van der Waals surface area contributed by atoms with Gasteiger partial charge in [-0.2, -0.15) is 0 Å². The summed E-state index contributed by atoms with van der Waals surface area (Å²) in [6.45, 7) is 0. The third kappa shape index (κ3) is 2.07. The van der Waals surface area contributed by atoms with Crippen LogP contribution in [0.5, 0.6) is 0 Å². The first-order valence-electron chi connectivity index (χ1n) is 4.63. The molecule has 0 aliphatic heterocycles. The van der Waals surface area contributed by atoms with Gasteiger partial charge in [-0.05, 0) is 40.8 Å². The van der Waals surface area contributed by atoms with Crippen molar-refractivity contribution in [3.05, 3.63) is 39.1 Å². The van der Waals surface area contributed by atoms with E-state index < -0.39 is 11.9 Å². The monoisotopic (exact) mass is 342 g/mol. The van der Waals surface area contributed by atoms with Gasteiger partial charge < -0.3 is 10.8 Å². The largest absolute Gasteiger partial charge is 0.478 e. The SMILES string of the molecule is NC(=O)c1cc(C(=O)O)c2c(I)cccc2n1. The number of amides is 1. The van der Waals surface area contributed by atoms with Crippen molar-refractivity contribution >= 4 is 45.4 Å². The van der Waals surface area contributed by atoms with Crippen molar-refractivity contribution in [1.82, 2.24) is 4.98 Å². The van der Waals surface area contributed by atoms with Crippen molar-refractivity contribution in [2.75, 3.05) is 0 Å². The van der Waals surface area contributed by atoms with Gasteiger partial charge in [-0.1, -0.05) is 6.07 Å². The van der Waals surface area contributed by atoms with E-state index in [1.807, 2.05) is 22.6 Å². The van der Waals surface area contributed by atoms with Crippen LogP contribution in [0.3, 0.4) is 0 Å². The van der Waals surface area contributed by atoms with Crippen molar-refractivity contribution in [2.24, 2.45) is 5.73 Å². The molecule has 0 bridgehead atoms. The first-order valence-corrected chi connectivity index (χ1v) is 5.71. The van der Waals surface area contributed by atoms with Gasteiger partial charge in [-0.15, -0.1) is 0 Å². The fourth-order valence-corrected chi connectivity index (χ4v) is 2.31. The highest BCUT2D eigenvalue weighted by Crippen LogP contribution is 2.24. The van der Waals surface area contributed by atoms with E-state index in [0.29, 0.717) is 10.9 Å². The quantitative estimate of drug-likeness (QED) is 0.812. The van der Waals surface area contributed by atoms with Gasteiger partial charge in [-0.25, -0.2) is 9.78 Å². The lowest BCUT2D eigenvalue weighted by atomic mass is 10.1. The number of primary amides is 1. The van der Waals surface area contributed by atoms with Gasteiger partial charge in [0.1, 0.15) is 5.69 Å². The van der Waals surface area contributed by atoms with Gasteiger partial charge >= 0.3 is 5.97 Å². The number of carbonyl (C=O) groups excluding carboxylic acids is 1. The zero-order valence-electron chi connectivity index (χ0n) is 8.48. The molecular formula is C11H7IN2O3. The molecule has 0 radical (unpaired) electrons. The lowest BCUT2D eigenvalue weighted by Gasteiger charge is -2.06. The van der Waals surface area contributed by atoms with Crippen LogP contribution in [0.4, 0.5) is 0 Å². The van der Waals surface area contributed by atoms with Crippen LogP contribution in [-0.4, -0.2) is 22.0 Å². The van der Waals surface area contributed by atoms with E-state index in [9.17, 15) is 9.59 Å². The molecule has 2 aromatic rings. The van der Waals surface area contributed by atoms with E-state index in [1.54, 1.807) is 18.2 Å². The van der Waals surface area contributed by atoms with Crippen LogP contribution in [0.25, 0.3) is 10.9 Å². The van der Waals surface area contributed by atoms with Gasteiger partial charge in [0.05, 0.1) is 11.1 Å². The van der Waals surface area contributed by atoms with E-state index in [4.69, 9.17) is 10.8 Å². The predicted octanol–water partition coefficient (Wildman–Crippen LogP) is 1.64. The molecule has 1 heterocycles. The molecule has 0 unspecified atom stereocenters. The molecule has 0 atom stereocenters. The highest BCUT2D eigenvalue weighted by Gasteiger charge is 2.16. The fourth-order valence-electron chi connectivity index (χ4n) is 1.54. The number of benzene rings is 1. The Morgan fingerprint density at radius 2 is 2.06 bits per heavy atom. The number of pyridine rings is 1. The van der Waals surface area contributed by atoms with Crippen LogP contribution in [0.1, 0.15) is 20.8 Å². The van der Waals surface area contributed by atoms with Crippen LogP contribution >= 0.6 is 22.6 Å². The molecule has 5 nitrogen and oxygen atoms in total. The third-order valence-electron chi connectivity index (χ3n) is 2.27. The van der Waals surface area contributed by atoms with Gasteiger partial charge in [0.15, 0.2) is 0 Å². The van der Waals surface area contributed by atoms with Gasteiger partial charge in [0.2, 0.25) is 0 Å². The molecule has 6 heteroatoms. The first kappa shape index (κ1) is 11.8. The molecule has 0 fully saturated rings. The standard InChI is InChI=1S/C11H7IN2O3/c12-6-2-1-3-7-9(6)5(11(16)17)4-8(14-7)10(13)15/h1-4H,(H2,13,15)(H,16,17). The predicted molar refractivity (Wildman–Crippen MR) is 69.9 cm³/mol. The maximum absolute atomic E-state index is 11.2. The molecule has 0 aliphatic rings. The van der Waals surface area contributed by atoms with Crippen molar-refractivity contribution in [1.29, 1.82) is 0 Å². The van der Waals surface area contributed by atoms with E-state index in [-0.39, 0.29) is 11.3 Å². The summed E-state index contributed by atoms with van der Waals surface area (Å²) in [4.78, 5) is 26.3. The number of hydrogen-bond acceptors (Lipinski definition) is 3. The summed E-state index contributed by atoms with van der Waals surface area (Å²) >= 11 is 2.03. The second-order valence-corrected chi connectivity index (χ2v) is 4.52. The molecule has 3 N–H and O–H groups in total. The van der Waals surface area contributed by atoms with Gasteiger partial charge in [0.25, 0.3) is 5.91 Å². The molecular weight excluding hydrogens is 335 g/mol. The number of nitrogens with zero attached hydrogens (tertiary/aromatic N) is 1. The fraction of sp³-hybridized carbons (Fsp3) is 0. The van der Waals surface area contributed by atoms with Crippen LogP contribution in [0.15, 0.2) is 24.3 Å². The number of carboxylic acids is 1. The number of rotatable bonds is 2. The van der Waals surface area contributed by atoms with E-state index in [0.717, 1.165) is 3.57 Å². The Bertz CT molecular complexity index is 640. The minimum Gasteiger partial charge on any atom is -0.478 e. The van der Waals surface area contributed by atoms with Crippen LogP contribution in [0.2, 0.25) is 0 Å². The number of carboxylic acid groups (broad SMARTS) is 1. The zero-order chi connectivity index (χ0) is 12.6. The first-order chi connectivity index (χ1) is 8.00. The average molecular weight is 342 g/mol. The molecule has 2 rings (SSSR count). The number of fused-ring (bicyclic) bond motifs is 1. The van der Waals surface area contributed by atoms with E-state index in [2.05, 4.69) is 4.98 Å². The summed E-state index contributed by atoms with van der Waals surface area (Å²) in [6.07, 6.45) is 0. The highest BCUT2D eigenvalue weighted by molar-refractivity contribution is 14.1. The third-order valence-corrected chi connectivity index (χ3v) is 3.16. The number of halogens is 1. The number of carbonyl (C=O) groups is 2. The lowest BCUT2D eigenvalue weighted by Crippen LogP contribution is -2.15. The molecule has 86 valence electrons. The van der Waals surface area contributed by atoms with Crippen molar-refractivity contribution in [3.8, 4) is 0 Å². The summed E-state index contributed by atoms with van der Waals surface area (Å²) < 4.78 is 0.765. The zero-order valence-corrected chi connectivity index (χ0v) is 10.6. The number of hydrogen-bond donors (Lipinski definition) is 2. The minimum absolute atomic E-state index is 0.0359. The molecule has 0 saturated carbocycles. The summed E-state index contributed by atoms with van der Waals surface area (Å²) in [5.41, 5.74) is 5.56. The number of aromatic nitrogens is 1. The molecule has 0 saturated heterocycles. The van der Waals surface area contributed by atoms with Crippen LogP contribution < -0.4 is 5.73 Å². The Labute approximate surface area is 110 Å². The second-order valence-electron chi connectivity index (χ2n) is 3.36. The topological polar surface area (TPSA) is 93.3 Å².